The zero-order valence-electron chi connectivity index (χ0n) is 11.7. The van der Waals surface area contributed by atoms with Gasteiger partial charge in [-0.25, -0.2) is 4.79 Å². The molecule has 0 fully saturated rings. The van der Waals surface area contributed by atoms with Crippen molar-refractivity contribution in [3.8, 4) is 5.75 Å². The number of carbonyl (C=O) groups is 1. The largest absolute Gasteiger partial charge is 0.497 e. The highest BCUT2D eigenvalue weighted by molar-refractivity contribution is 5.89. The van der Waals surface area contributed by atoms with Crippen LogP contribution in [0.5, 0.6) is 5.75 Å². The van der Waals surface area contributed by atoms with Gasteiger partial charge in [0.1, 0.15) is 5.75 Å². The van der Waals surface area contributed by atoms with Crippen LogP contribution in [-0.4, -0.2) is 24.8 Å². The molecule has 0 spiro atoms. The van der Waals surface area contributed by atoms with Crippen LogP contribution < -0.4 is 15.4 Å². The van der Waals surface area contributed by atoms with E-state index < -0.39 is 6.10 Å². The van der Waals surface area contributed by atoms with Crippen LogP contribution in [0.1, 0.15) is 11.7 Å². The second kappa shape index (κ2) is 7.31. The smallest absolute Gasteiger partial charge is 0.319 e. The van der Waals surface area contributed by atoms with Crippen LogP contribution in [0.4, 0.5) is 10.5 Å². The first kappa shape index (κ1) is 14.9. The normalized spacial score (nSPS) is 11.5. The Hall–Kier alpha value is -2.53. The Kier molecular flexibility index (Phi) is 5.17. The van der Waals surface area contributed by atoms with Gasteiger partial charge in [0, 0.05) is 12.2 Å². The predicted octanol–water partition coefficient (Wildman–Crippen LogP) is 2.55. The summed E-state index contributed by atoms with van der Waals surface area (Å²) in [6.45, 7) is 0.117. The Morgan fingerprint density at radius 3 is 2.67 bits per heavy atom. The van der Waals surface area contributed by atoms with E-state index in [0.717, 1.165) is 0 Å². The molecule has 1 atom stereocenters. The number of aliphatic hydroxyl groups excluding tert-OH is 1. The van der Waals surface area contributed by atoms with Crippen LogP contribution in [0.2, 0.25) is 0 Å². The number of carbonyl (C=O) groups excluding carboxylic acids is 1. The maximum Gasteiger partial charge on any atom is 0.319 e. The van der Waals surface area contributed by atoms with Crippen molar-refractivity contribution in [2.45, 2.75) is 6.10 Å². The minimum Gasteiger partial charge on any atom is -0.497 e. The van der Waals surface area contributed by atoms with E-state index >= 15 is 0 Å². The zero-order chi connectivity index (χ0) is 15.1. The third-order valence-electron chi connectivity index (χ3n) is 2.97. The fourth-order valence-corrected chi connectivity index (χ4v) is 1.85. The van der Waals surface area contributed by atoms with Gasteiger partial charge in [-0.05, 0) is 29.8 Å². The van der Waals surface area contributed by atoms with Gasteiger partial charge in [-0.1, -0.05) is 30.3 Å². The molecule has 5 nitrogen and oxygen atoms in total. The van der Waals surface area contributed by atoms with E-state index in [1.54, 1.807) is 43.5 Å². The summed E-state index contributed by atoms with van der Waals surface area (Å²) >= 11 is 0. The second-order valence-corrected chi connectivity index (χ2v) is 4.49. The first-order valence-electron chi connectivity index (χ1n) is 6.61. The van der Waals surface area contributed by atoms with E-state index in [1.807, 2.05) is 18.2 Å². The summed E-state index contributed by atoms with van der Waals surface area (Å²) in [4.78, 5) is 11.7. The summed E-state index contributed by atoms with van der Waals surface area (Å²) in [5, 5.41) is 15.4. The molecule has 0 radical (unpaired) electrons. The SMILES string of the molecule is COc1cccc(C(O)CNC(=O)Nc2ccccc2)c1. The summed E-state index contributed by atoms with van der Waals surface area (Å²) in [7, 11) is 1.57. The number of para-hydroxylation sites is 1. The first-order valence-corrected chi connectivity index (χ1v) is 6.61. The fraction of sp³-hybridized carbons (Fsp3) is 0.188. The summed E-state index contributed by atoms with van der Waals surface area (Å²) in [6, 6.07) is 15.9. The summed E-state index contributed by atoms with van der Waals surface area (Å²) in [5.41, 5.74) is 1.39. The van der Waals surface area contributed by atoms with Crippen LogP contribution in [0.15, 0.2) is 54.6 Å². The predicted molar refractivity (Wildman–Crippen MR) is 81.4 cm³/mol. The maximum atomic E-state index is 11.7. The number of anilines is 1. The summed E-state index contributed by atoms with van der Waals surface area (Å²) < 4.78 is 5.10. The first-order chi connectivity index (χ1) is 10.2. The summed E-state index contributed by atoms with van der Waals surface area (Å²) in [5.74, 6) is 0.667. The highest BCUT2D eigenvalue weighted by Crippen LogP contribution is 2.18. The number of rotatable bonds is 5. The molecule has 0 saturated carbocycles. The van der Waals surface area contributed by atoms with E-state index in [-0.39, 0.29) is 12.6 Å². The molecule has 1 unspecified atom stereocenters. The molecule has 5 heteroatoms. The molecule has 2 aromatic rings. The minimum absolute atomic E-state index is 0.117. The van der Waals surface area contributed by atoms with Gasteiger partial charge in [0.05, 0.1) is 13.2 Å². The van der Waals surface area contributed by atoms with E-state index in [0.29, 0.717) is 17.0 Å². The lowest BCUT2D eigenvalue weighted by molar-refractivity contribution is 0.175. The Morgan fingerprint density at radius 2 is 1.95 bits per heavy atom. The van der Waals surface area contributed by atoms with Gasteiger partial charge in [0.25, 0.3) is 0 Å². The van der Waals surface area contributed by atoms with Crippen molar-refractivity contribution < 1.29 is 14.6 Å². The zero-order valence-corrected chi connectivity index (χ0v) is 11.7. The number of hydrogen-bond acceptors (Lipinski definition) is 3. The van der Waals surface area contributed by atoms with Gasteiger partial charge in [0.2, 0.25) is 0 Å². The van der Waals surface area contributed by atoms with Gasteiger partial charge >= 0.3 is 6.03 Å². The quantitative estimate of drug-likeness (QED) is 0.791. The van der Waals surface area contributed by atoms with Crippen molar-refractivity contribution in [1.82, 2.24) is 5.32 Å². The monoisotopic (exact) mass is 286 g/mol. The molecule has 0 heterocycles. The lowest BCUT2D eigenvalue weighted by Crippen LogP contribution is -2.32. The average molecular weight is 286 g/mol. The highest BCUT2D eigenvalue weighted by Gasteiger charge is 2.10. The van der Waals surface area contributed by atoms with Crippen molar-refractivity contribution in [1.29, 1.82) is 0 Å². The third-order valence-corrected chi connectivity index (χ3v) is 2.97. The van der Waals surface area contributed by atoms with Gasteiger partial charge in [-0.15, -0.1) is 0 Å². The van der Waals surface area contributed by atoms with E-state index in [1.165, 1.54) is 0 Å². The lowest BCUT2D eigenvalue weighted by atomic mass is 10.1. The Bertz CT molecular complexity index is 587. The lowest BCUT2D eigenvalue weighted by Gasteiger charge is -2.13. The number of hydrogen-bond donors (Lipinski definition) is 3. The number of amides is 2. The molecule has 2 amide bonds. The fourth-order valence-electron chi connectivity index (χ4n) is 1.85. The number of urea groups is 1. The molecule has 0 aliphatic heterocycles. The molecular weight excluding hydrogens is 268 g/mol. The standard InChI is InChI=1S/C16H18N2O3/c1-21-14-9-5-6-12(10-14)15(19)11-17-16(20)18-13-7-3-2-4-8-13/h2-10,15,19H,11H2,1H3,(H2,17,18,20). The van der Waals surface area contributed by atoms with Crippen LogP contribution in [0.3, 0.4) is 0 Å². The Morgan fingerprint density at radius 1 is 1.19 bits per heavy atom. The molecule has 110 valence electrons. The van der Waals surface area contributed by atoms with Gasteiger partial charge in [-0.3, -0.25) is 0 Å². The topological polar surface area (TPSA) is 70.6 Å². The molecule has 0 bridgehead atoms. The summed E-state index contributed by atoms with van der Waals surface area (Å²) in [6.07, 6.45) is -0.790. The van der Waals surface area contributed by atoms with E-state index in [2.05, 4.69) is 10.6 Å². The second-order valence-electron chi connectivity index (χ2n) is 4.49. The molecule has 21 heavy (non-hydrogen) atoms. The maximum absolute atomic E-state index is 11.7. The number of nitrogens with one attached hydrogen (secondary N) is 2. The van der Waals surface area contributed by atoms with Crippen LogP contribution in [-0.2, 0) is 0 Å². The van der Waals surface area contributed by atoms with Gasteiger partial charge < -0.3 is 20.5 Å². The Labute approximate surface area is 123 Å². The van der Waals surface area contributed by atoms with Crippen molar-refractivity contribution in [2.24, 2.45) is 0 Å². The highest BCUT2D eigenvalue weighted by atomic mass is 16.5. The van der Waals surface area contributed by atoms with Crippen LogP contribution >= 0.6 is 0 Å². The number of ether oxygens (including phenoxy) is 1. The van der Waals surface area contributed by atoms with Gasteiger partial charge in [0.15, 0.2) is 0 Å². The van der Waals surface area contributed by atoms with Crippen LogP contribution in [0.25, 0.3) is 0 Å². The van der Waals surface area contributed by atoms with Crippen LogP contribution in [0, 0.1) is 0 Å². The molecule has 2 aromatic carbocycles. The molecule has 0 aliphatic carbocycles. The van der Waals surface area contributed by atoms with Crippen molar-refractivity contribution >= 4 is 11.7 Å². The minimum atomic E-state index is -0.790. The van der Waals surface area contributed by atoms with E-state index in [9.17, 15) is 9.90 Å². The van der Waals surface area contributed by atoms with Crippen molar-refractivity contribution in [3.63, 3.8) is 0 Å². The van der Waals surface area contributed by atoms with Crippen molar-refractivity contribution in [2.75, 3.05) is 19.0 Å². The molecule has 0 aromatic heterocycles. The number of benzene rings is 2. The van der Waals surface area contributed by atoms with E-state index in [4.69, 9.17) is 4.74 Å². The number of methoxy groups -OCH3 is 1. The van der Waals surface area contributed by atoms with Crippen molar-refractivity contribution in [3.05, 3.63) is 60.2 Å². The number of aliphatic hydroxyl groups is 1. The van der Waals surface area contributed by atoms with Gasteiger partial charge in [-0.2, -0.15) is 0 Å². The molecule has 3 N–H and O–H groups in total. The Balaban J connectivity index is 1.85. The molecular formula is C16H18N2O3. The average Bonchev–Trinajstić information content (AvgIpc) is 2.53. The molecule has 0 saturated heterocycles. The molecule has 2 rings (SSSR count). The molecule has 0 aliphatic rings. The third kappa shape index (κ3) is 4.50.